The standard InChI is InChI=1S/C40H40N2O4/c1-42(26-29-9-4-2-5-10-29)27-37-24-38(33-17-15-30(28-43)16-18-33)46-40(45-37)35-21-19-32(20-22-35)36-14-8-11-31(23-36)25-41-39(44)34-12-6-3-7-13-34/h2-23,37-38,40,43H,24-28H2,1H3,(H,41,44). The number of hydrogen-bond donors (Lipinski definition) is 2. The molecule has 0 aromatic heterocycles. The zero-order valence-corrected chi connectivity index (χ0v) is 26.1. The first-order valence-corrected chi connectivity index (χ1v) is 15.8. The van der Waals surface area contributed by atoms with Gasteiger partial charge in [-0.1, -0.05) is 115 Å². The fourth-order valence-electron chi connectivity index (χ4n) is 5.91. The van der Waals surface area contributed by atoms with Crippen molar-refractivity contribution in [1.82, 2.24) is 10.2 Å². The van der Waals surface area contributed by atoms with Crippen molar-refractivity contribution in [1.29, 1.82) is 0 Å². The molecule has 6 nitrogen and oxygen atoms in total. The van der Waals surface area contributed by atoms with E-state index in [0.717, 1.165) is 52.9 Å². The molecule has 1 aliphatic rings. The van der Waals surface area contributed by atoms with Gasteiger partial charge in [0.15, 0.2) is 6.29 Å². The minimum absolute atomic E-state index is 0.0159. The highest BCUT2D eigenvalue weighted by atomic mass is 16.7. The molecule has 234 valence electrons. The first-order chi connectivity index (χ1) is 22.5. The number of likely N-dealkylation sites (N-methyl/N-ethyl adjacent to an activating group) is 1. The summed E-state index contributed by atoms with van der Waals surface area (Å²) in [6.45, 7) is 2.07. The van der Waals surface area contributed by atoms with Gasteiger partial charge >= 0.3 is 0 Å². The van der Waals surface area contributed by atoms with Gasteiger partial charge in [-0.05, 0) is 58.6 Å². The Balaban J connectivity index is 1.15. The second kappa shape index (κ2) is 15.1. The maximum atomic E-state index is 12.5. The number of nitrogens with zero attached hydrogens (tertiary/aromatic N) is 1. The van der Waals surface area contributed by atoms with Crippen LogP contribution >= 0.6 is 0 Å². The zero-order valence-electron chi connectivity index (χ0n) is 26.1. The van der Waals surface area contributed by atoms with Gasteiger partial charge in [0.1, 0.15) is 0 Å². The van der Waals surface area contributed by atoms with E-state index in [1.54, 1.807) is 0 Å². The summed E-state index contributed by atoms with van der Waals surface area (Å²) in [5, 5.41) is 12.5. The van der Waals surface area contributed by atoms with Gasteiger partial charge in [-0.2, -0.15) is 0 Å². The Morgan fingerprint density at radius 2 is 1.41 bits per heavy atom. The van der Waals surface area contributed by atoms with Gasteiger partial charge in [-0.3, -0.25) is 9.69 Å². The largest absolute Gasteiger partial charge is 0.392 e. The molecule has 2 N–H and O–H groups in total. The van der Waals surface area contributed by atoms with Crippen molar-refractivity contribution in [2.75, 3.05) is 13.6 Å². The lowest BCUT2D eigenvalue weighted by Gasteiger charge is -2.38. The van der Waals surface area contributed by atoms with Crippen molar-refractivity contribution in [3.8, 4) is 11.1 Å². The summed E-state index contributed by atoms with van der Waals surface area (Å²) in [4.78, 5) is 14.8. The van der Waals surface area contributed by atoms with Crippen LogP contribution in [0.2, 0.25) is 0 Å². The van der Waals surface area contributed by atoms with Crippen molar-refractivity contribution in [2.24, 2.45) is 0 Å². The Morgan fingerprint density at radius 1 is 0.739 bits per heavy atom. The zero-order chi connectivity index (χ0) is 31.7. The van der Waals surface area contributed by atoms with Gasteiger partial charge in [-0.25, -0.2) is 0 Å². The van der Waals surface area contributed by atoms with Gasteiger partial charge in [-0.15, -0.1) is 0 Å². The number of hydrogen-bond acceptors (Lipinski definition) is 5. The van der Waals surface area contributed by atoms with Crippen LogP contribution in [0.15, 0.2) is 133 Å². The van der Waals surface area contributed by atoms with Crippen molar-refractivity contribution < 1.29 is 19.4 Å². The number of carbonyl (C=O) groups is 1. The van der Waals surface area contributed by atoms with Gasteiger partial charge < -0.3 is 19.9 Å². The highest BCUT2D eigenvalue weighted by molar-refractivity contribution is 5.94. The van der Waals surface area contributed by atoms with Crippen molar-refractivity contribution >= 4 is 5.91 Å². The predicted octanol–water partition coefficient (Wildman–Crippen LogP) is 7.45. The van der Waals surface area contributed by atoms with Gasteiger partial charge in [0.2, 0.25) is 0 Å². The topological polar surface area (TPSA) is 71.0 Å². The van der Waals surface area contributed by atoms with E-state index in [1.807, 2.05) is 72.8 Å². The second-order valence-corrected chi connectivity index (χ2v) is 11.9. The quantitative estimate of drug-likeness (QED) is 0.162. The van der Waals surface area contributed by atoms with E-state index < -0.39 is 6.29 Å². The number of carbonyl (C=O) groups excluding carboxylic acids is 1. The van der Waals surface area contributed by atoms with Crippen LogP contribution < -0.4 is 5.32 Å². The van der Waals surface area contributed by atoms with Crippen molar-refractivity contribution in [3.63, 3.8) is 0 Å². The van der Waals surface area contributed by atoms with Gasteiger partial charge in [0.05, 0.1) is 18.8 Å². The monoisotopic (exact) mass is 612 g/mol. The number of nitrogens with one attached hydrogen (secondary N) is 1. The molecule has 1 saturated heterocycles. The van der Waals surface area contributed by atoms with E-state index in [4.69, 9.17) is 9.47 Å². The molecule has 5 aromatic rings. The summed E-state index contributed by atoms with van der Waals surface area (Å²) in [6.07, 6.45) is 0.0567. The summed E-state index contributed by atoms with van der Waals surface area (Å²) in [5.41, 5.74) is 8.01. The van der Waals surface area contributed by atoms with E-state index in [-0.39, 0.29) is 24.7 Å². The molecular formula is C40H40N2O4. The maximum absolute atomic E-state index is 12.5. The molecule has 1 amide bonds. The molecule has 0 aliphatic carbocycles. The lowest BCUT2D eigenvalue weighted by molar-refractivity contribution is -0.252. The molecule has 0 bridgehead atoms. The van der Waals surface area contributed by atoms with Crippen LogP contribution in [0.3, 0.4) is 0 Å². The first kappa shape index (κ1) is 31.4. The third-order valence-corrected chi connectivity index (χ3v) is 8.36. The fraction of sp³-hybridized carbons (Fsp3) is 0.225. The summed E-state index contributed by atoms with van der Waals surface area (Å²) in [7, 11) is 2.13. The Labute approximate surface area is 271 Å². The number of benzene rings is 5. The van der Waals surface area contributed by atoms with Crippen LogP contribution in [0.1, 0.15) is 57.0 Å². The summed E-state index contributed by atoms with van der Waals surface area (Å²) < 4.78 is 13.2. The van der Waals surface area contributed by atoms with Crippen LogP contribution in [0.4, 0.5) is 0 Å². The van der Waals surface area contributed by atoms with Gasteiger partial charge in [0, 0.05) is 37.2 Å². The molecule has 0 saturated carbocycles. The molecule has 0 radical (unpaired) electrons. The van der Waals surface area contributed by atoms with E-state index in [2.05, 4.69) is 77.9 Å². The van der Waals surface area contributed by atoms with Gasteiger partial charge in [0.25, 0.3) is 5.91 Å². The van der Waals surface area contributed by atoms with E-state index in [0.29, 0.717) is 12.1 Å². The Hall–Kier alpha value is -4.59. The number of aliphatic hydroxyl groups is 1. The lowest BCUT2D eigenvalue weighted by Crippen LogP contribution is -2.37. The van der Waals surface area contributed by atoms with E-state index in [1.165, 1.54) is 5.56 Å². The lowest BCUT2D eigenvalue weighted by atomic mass is 9.99. The Morgan fingerprint density at radius 3 is 2.13 bits per heavy atom. The highest BCUT2D eigenvalue weighted by Gasteiger charge is 2.32. The average molecular weight is 613 g/mol. The molecule has 1 heterocycles. The molecule has 46 heavy (non-hydrogen) atoms. The molecular weight excluding hydrogens is 572 g/mol. The van der Waals surface area contributed by atoms with E-state index in [9.17, 15) is 9.90 Å². The molecule has 6 rings (SSSR count). The molecule has 5 aromatic carbocycles. The van der Waals surface area contributed by atoms with Crippen LogP contribution in [-0.4, -0.2) is 35.6 Å². The Bertz CT molecular complexity index is 1690. The normalized spacial score (nSPS) is 17.9. The molecule has 0 spiro atoms. The number of rotatable bonds is 11. The SMILES string of the molecule is CN(Cc1ccccc1)CC1CC(c2ccc(CO)cc2)OC(c2ccc(-c3cccc(CNC(=O)c4ccccc4)c3)cc2)O1. The third kappa shape index (κ3) is 8.16. The fourth-order valence-corrected chi connectivity index (χ4v) is 5.91. The second-order valence-electron chi connectivity index (χ2n) is 11.9. The van der Waals surface area contributed by atoms with Crippen molar-refractivity contribution in [3.05, 3.63) is 167 Å². The molecule has 6 heteroatoms. The van der Waals surface area contributed by atoms with Crippen molar-refractivity contribution in [2.45, 2.75) is 44.6 Å². The predicted molar refractivity (Wildman–Crippen MR) is 181 cm³/mol. The number of amides is 1. The third-order valence-electron chi connectivity index (χ3n) is 8.36. The summed E-state index contributed by atoms with van der Waals surface area (Å²) >= 11 is 0. The first-order valence-electron chi connectivity index (χ1n) is 15.8. The summed E-state index contributed by atoms with van der Waals surface area (Å²) in [6, 6.07) is 44.3. The maximum Gasteiger partial charge on any atom is 0.251 e. The number of ether oxygens (including phenoxy) is 2. The molecule has 3 atom stereocenters. The minimum Gasteiger partial charge on any atom is -0.392 e. The summed E-state index contributed by atoms with van der Waals surface area (Å²) in [5.74, 6) is -0.0879. The van der Waals surface area contributed by atoms with Crippen LogP contribution in [-0.2, 0) is 29.2 Å². The molecule has 1 fully saturated rings. The van der Waals surface area contributed by atoms with E-state index >= 15 is 0 Å². The minimum atomic E-state index is -0.514. The average Bonchev–Trinajstić information content (AvgIpc) is 3.11. The van der Waals surface area contributed by atoms with Crippen LogP contribution in [0.25, 0.3) is 11.1 Å². The molecule has 3 unspecified atom stereocenters. The van der Waals surface area contributed by atoms with Crippen LogP contribution in [0.5, 0.6) is 0 Å². The molecule has 1 aliphatic heterocycles. The number of aliphatic hydroxyl groups excluding tert-OH is 1. The smallest absolute Gasteiger partial charge is 0.251 e. The Kier molecular flexibility index (Phi) is 10.3. The van der Waals surface area contributed by atoms with Crippen LogP contribution in [0, 0.1) is 0 Å². The highest BCUT2D eigenvalue weighted by Crippen LogP contribution is 2.38.